The van der Waals surface area contributed by atoms with E-state index in [1.807, 2.05) is 37.3 Å². The highest BCUT2D eigenvalue weighted by Gasteiger charge is 2.17. The predicted molar refractivity (Wildman–Crippen MR) is 107 cm³/mol. The number of fused-ring (bicyclic) bond motifs is 1. The van der Waals surface area contributed by atoms with Crippen LogP contribution in [-0.2, 0) is 11.3 Å². The molecule has 1 N–H and O–H groups in total. The molecule has 0 saturated heterocycles. The molecule has 0 bridgehead atoms. The van der Waals surface area contributed by atoms with Gasteiger partial charge in [-0.2, -0.15) is 0 Å². The van der Waals surface area contributed by atoms with Gasteiger partial charge >= 0.3 is 0 Å². The Hall–Kier alpha value is -2.59. The fraction of sp³-hybridized carbons (Fsp3) is 0.238. The lowest BCUT2D eigenvalue weighted by molar-refractivity contribution is -0.118. The van der Waals surface area contributed by atoms with Crippen molar-refractivity contribution in [3.05, 3.63) is 75.5 Å². The highest BCUT2D eigenvalue weighted by molar-refractivity contribution is 6.30. The van der Waals surface area contributed by atoms with Gasteiger partial charge in [0.1, 0.15) is 0 Å². The number of hydrogen-bond acceptors (Lipinski definition) is 2. The van der Waals surface area contributed by atoms with Crippen LogP contribution in [0.1, 0.15) is 31.7 Å². The van der Waals surface area contributed by atoms with Crippen LogP contribution in [0, 0.1) is 0 Å². The summed E-state index contributed by atoms with van der Waals surface area (Å²) in [5, 5.41) is 1.55. The minimum atomic E-state index is -0.175. The summed E-state index contributed by atoms with van der Waals surface area (Å²) in [6.45, 7) is 2.28. The van der Waals surface area contributed by atoms with Gasteiger partial charge in [-0.15, -0.1) is 0 Å². The van der Waals surface area contributed by atoms with E-state index < -0.39 is 0 Å². The maximum absolute atomic E-state index is 12.7. The molecule has 134 valence electrons. The fourth-order valence-corrected chi connectivity index (χ4v) is 3.01. The number of carbonyl (C=O) groups is 1. The topological polar surface area (TPSA) is 53.2 Å². The van der Waals surface area contributed by atoms with E-state index in [-0.39, 0.29) is 18.0 Å². The van der Waals surface area contributed by atoms with Gasteiger partial charge in [-0.1, -0.05) is 43.1 Å². The van der Waals surface area contributed by atoms with Gasteiger partial charge in [-0.05, 0) is 48.2 Å². The first-order valence-corrected chi connectivity index (χ1v) is 9.13. The van der Waals surface area contributed by atoms with E-state index in [9.17, 15) is 9.59 Å². The molecule has 26 heavy (non-hydrogen) atoms. The third-order valence-corrected chi connectivity index (χ3v) is 4.59. The number of hydrogen-bond donors (Lipinski definition) is 1. The van der Waals surface area contributed by atoms with Gasteiger partial charge in [0, 0.05) is 28.2 Å². The number of benzene rings is 2. The smallest absolute Gasteiger partial charge is 0.253 e. The molecule has 0 spiro atoms. The molecule has 3 rings (SSSR count). The van der Waals surface area contributed by atoms with Crippen LogP contribution in [0.25, 0.3) is 10.9 Å². The molecule has 0 fully saturated rings. The van der Waals surface area contributed by atoms with Crippen molar-refractivity contribution in [3.8, 4) is 0 Å². The van der Waals surface area contributed by atoms with E-state index in [2.05, 4.69) is 4.98 Å². The van der Waals surface area contributed by atoms with Crippen molar-refractivity contribution >= 4 is 34.1 Å². The quantitative estimate of drug-likeness (QED) is 0.672. The molecule has 1 amide bonds. The Balaban J connectivity index is 1.97. The highest BCUT2D eigenvalue weighted by Crippen LogP contribution is 2.22. The van der Waals surface area contributed by atoms with E-state index >= 15 is 0 Å². The Morgan fingerprint density at radius 1 is 1.12 bits per heavy atom. The maximum atomic E-state index is 12.7. The zero-order valence-electron chi connectivity index (χ0n) is 14.7. The zero-order chi connectivity index (χ0) is 18.5. The van der Waals surface area contributed by atoms with E-state index in [1.165, 1.54) is 0 Å². The number of para-hydroxylation sites is 1. The Kier molecular flexibility index (Phi) is 5.74. The van der Waals surface area contributed by atoms with Crippen molar-refractivity contribution in [3.63, 3.8) is 0 Å². The summed E-state index contributed by atoms with van der Waals surface area (Å²) in [7, 11) is 0. The first-order valence-electron chi connectivity index (χ1n) is 8.75. The van der Waals surface area contributed by atoms with Crippen LogP contribution in [0.4, 0.5) is 5.69 Å². The highest BCUT2D eigenvalue weighted by atomic mass is 35.5. The number of anilines is 1. The molecule has 0 aliphatic heterocycles. The molecule has 0 radical (unpaired) electrons. The number of carbonyl (C=O) groups excluding carboxylic acids is 1. The Morgan fingerprint density at radius 3 is 2.58 bits per heavy atom. The molecule has 0 aliphatic rings. The SMILES string of the molecule is CCCCC(=O)N(Cc1cc2ccccc2[nH]c1=O)c1ccc(Cl)cc1. The molecule has 1 aromatic heterocycles. The third-order valence-electron chi connectivity index (χ3n) is 4.34. The molecular weight excluding hydrogens is 348 g/mol. The summed E-state index contributed by atoms with van der Waals surface area (Å²) in [6.07, 6.45) is 2.21. The minimum Gasteiger partial charge on any atom is -0.322 e. The van der Waals surface area contributed by atoms with Crippen molar-refractivity contribution in [1.82, 2.24) is 4.98 Å². The van der Waals surface area contributed by atoms with Crippen molar-refractivity contribution in [2.24, 2.45) is 0 Å². The van der Waals surface area contributed by atoms with Gasteiger partial charge in [0.15, 0.2) is 0 Å². The Bertz CT molecular complexity index is 964. The van der Waals surface area contributed by atoms with Crippen LogP contribution in [-0.4, -0.2) is 10.9 Å². The molecule has 4 nitrogen and oxygen atoms in total. The first-order chi connectivity index (χ1) is 12.6. The molecule has 0 saturated carbocycles. The second kappa shape index (κ2) is 8.19. The number of aromatic nitrogens is 1. The van der Waals surface area contributed by atoms with E-state index in [0.29, 0.717) is 17.0 Å². The summed E-state index contributed by atoms with van der Waals surface area (Å²) >= 11 is 5.97. The van der Waals surface area contributed by atoms with E-state index in [0.717, 1.165) is 29.4 Å². The number of halogens is 1. The number of rotatable bonds is 6. The van der Waals surface area contributed by atoms with Crippen LogP contribution >= 0.6 is 11.6 Å². The second-order valence-electron chi connectivity index (χ2n) is 6.27. The summed E-state index contributed by atoms with van der Waals surface area (Å²) in [5.74, 6) is 0.00160. The molecule has 3 aromatic rings. The molecule has 1 heterocycles. The van der Waals surface area contributed by atoms with Crippen molar-refractivity contribution in [2.75, 3.05) is 4.90 Å². The first kappa shape index (κ1) is 18.2. The normalized spacial score (nSPS) is 10.8. The van der Waals surface area contributed by atoms with Gasteiger partial charge in [0.05, 0.1) is 6.54 Å². The molecular formula is C21H21ClN2O2. The molecule has 0 unspecified atom stereocenters. The van der Waals surface area contributed by atoms with Gasteiger partial charge in [-0.25, -0.2) is 0 Å². The predicted octanol–water partition coefficient (Wildman–Crippen LogP) is 4.90. The van der Waals surface area contributed by atoms with Crippen molar-refractivity contribution in [1.29, 1.82) is 0 Å². The van der Waals surface area contributed by atoms with Crippen LogP contribution in [0.15, 0.2) is 59.4 Å². The summed E-state index contributed by atoms with van der Waals surface area (Å²) < 4.78 is 0. The van der Waals surface area contributed by atoms with Gasteiger partial charge in [-0.3, -0.25) is 9.59 Å². The fourth-order valence-electron chi connectivity index (χ4n) is 2.89. The molecule has 0 atom stereocenters. The van der Waals surface area contributed by atoms with Gasteiger partial charge < -0.3 is 9.88 Å². The number of H-pyrrole nitrogens is 1. The van der Waals surface area contributed by atoms with Crippen LogP contribution in [0.2, 0.25) is 5.02 Å². The largest absolute Gasteiger partial charge is 0.322 e. The van der Waals surface area contributed by atoms with Crippen LogP contribution < -0.4 is 10.5 Å². The Morgan fingerprint density at radius 2 is 1.85 bits per heavy atom. The van der Waals surface area contributed by atoms with Gasteiger partial charge in [0.2, 0.25) is 5.91 Å². The van der Waals surface area contributed by atoms with Crippen molar-refractivity contribution < 1.29 is 4.79 Å². The van der Waals surface area contributed by atoms with E-state index in [4.69, 9.17) is 11.6 Å². The summed E-state index contributed by atoms with van der Waals surface area (Å²) in [6, 6.07) is 16.6. The number of nitrogens with one attached hydrogen (secondary N) is 1. The number of aromatic amines is 1. The molecule has 5 heteroatoms. The second-order valence-corrected chi connectivity index (χ2v) is 6.71. The summed E-state index contributed by atoms with van der Waals surface area (Å²) in [4.78, 5) is 29.8. The number of unbranched alkanes of at least 4 members (excludes halogenated alkanes) is 1. The maximum Gasteiger partial charge on any atom is 0.253 e. The lowest BCUT2D eigenvalue weighted by Crippen LogP contribution is -2.32. The standard InChI is InChI=1S/C21H21ClN2O2/c1-2-3-8-20(25)24(18-11-9-17(22)10-12-18)14-16-13-15-6-4-5-7-19(15)23-21(16)26/h4-7,9-13H,2-3,8,14H2,1H3,(H,23,26). The van der Waals surface area contributed by atoms with Crippen LogP contribution in [0.3, 0.4) is 0 Å². The lowest BCUT2D eigenvalue weighted by atomic mass is 10.1. The third kappa shape index (κ3) is 4.14. The van der Waals surface area contributed by atoms with Crippen LogP contribution in [0.5, 0.6) is 0 Å². The van der Waals surface area contributed by atoms with Gasteiger partial charge in [0.25, 0.3) is 5.56 Å². The number of amides is 1. The number of pyridine rings is 1. The number of nitrogens with zero attached hydrogens (tertiary/aromatic N) is 1. The summed E-state index contributed by atoms with van der Waals surface area (Å²) in [5.41, 5.74) is 1.91. The minimum absolute atomic E-state index is 0.00160. The monoisotopic (exact) mass is 368 g/mol. The van der Waals surface area contributed by atoms with Crippen molar-refractivity contribution in [2.45, 2.75) is 32.7 Å². The zero-order valence-corrected chi connectivity index (χ0v) is 15.4. The molecule has 2 aromatic carbocycles. The average Bonchev–Trinajstić information content (AvgIpc) is 2.65. The van der Waals surface area contributed by atoms with E-state index in [1.54, 1.807) is 29.2 Å². The lowest BCUT2D eigenvalue weighted by Gasteiger charge is -2.23. The molecule has 0 aliphatic carbocycles. The average molecular weight is 369 g/mol. The Labute approximate surface area is 157 Å².